The van der Waals surface area contributed by atoms with Crippen molar-refractivity contribution in [3.05, 3.63) is 35.5 Å². The molecule has 3 heteroatoms. The Balaban J connectivity index is 2.74. The van der Waals surface area contributed by atoms with Crippen LogP contribution in [0.3, 0.4) is 0 Å². The number of aryl methyl sites for hydroxylation is 1. The Hall–Kier alpha value is -1.77. The highest BCUT2D eigenvalue weighted by Crippen LogP contribution is 2.41. The van der Waals surface area contributed by atoms with Gasteiger partial charge in [0, 0.05) is 29.9 Å². The van der Waals surface area contributed by atoms with Crippen LogP contribution in [-0.4, -0.2) is 14.9 Å². The first-order valence-electron chi connectivity index (χ1n) is 7.38. The smallest absolute Gasteiger partial charge is 0.123 e. The Morgan fingerprint density at radius 1 is 0.952 bits per heavy atom. The molecule has 2 aromatic rings. The number of phenols is 1. The molecule has 1 heterocycles. The molecule has 0 spiro atoms. The summed E-state index contributed by atoms with van der Waals surface area (Å²) in [5.74, 6) is 0.412. The Morgan fingerprint density at radius 3 is 1.76 bits per heavy atom. The van der Waals surface area contributed by atoms with Crippen molar-refractivity contribution in [3.63, 3.8) is 0 Å². The van der Waals surface area contributed by atoms with Crippen LogP contribution < -0.4 is 0 Å². The van der Waals surface area contributed by atoms with Gasteiger partial charge >= 0.3 is 0 Å². The molecule has 0 aliphatic rings. The standard InChI is InChI=1S/C18H26N2O/c1-17(2,3)13-10-12(15-8-9-20(7)19-15)11-14(16(13)21)18(4,5)6/h8-11,21H,1-7H3. The van der Waals surface area contributed by atoms with Crippen LogP contribution in [0.15, 0.2) is 24.4 Å². The molecule has 114 valence electrons. The molecule has 0 aliphatic heterocycles. The predicted molar refractivity (Wildman–Crippen MR) is 87.7 cm³/mol. The average Bonchev–Trinajstić information content (AvgIpc) is 2.73. The Kier molecular flexibility index (Phi) is 3.64. The van der Waals surface area contributed by atoms with Crippen LogP contribution in [0.5, 0.6) is 5.75 Å². The molecular weight excluding hydrogens is 260 g/mol. The summed E-state index contributed by atoms with van der Waals surface area (Å²) in [6.45, 7) is 12.7. The van der Waals surface area contributed by atoms with E-state index in [2.05, 4.69) is 58.8 Å². The van der Waals surface area contributed by atoms with E-state index < -0.39 is 0 Å². The molecular formula is C18H26N2O. The van der Waals surface area contributed by atoms with E-state index >= 15 is 0 Å². The monoisotopic (exact) mass is 286 g/mol. The van der Waals surface area contributed by atoms with E-state index in [4.69, 9.17) is 0 Å². The van der Waals surface area contributed by atoms with E-state index in [-0.39, 0.29) is 10.8 Å². The number of hydrogen-bond donors (Lipinski definition) is 1. The van der Waals surface area contributed by atoms with Crippen molar-refractivity contribution < 1.29 is 5.11 Å². The summed E-state index contributed by atoms with van der Waals surface area (Å²) < 4.78 is 1.80. The summed E-state index contributed by atoms with van der Waals surface area (Å²) in [4.78, 5) is 0. The van der Waals surface area contributed by atoms with Gasteiger partial charge in [0.15, 0.2) is 0 Å². The summed E-state index contributed by atoms with van der Waals surface area (Å²) in [7, 11) is 1.92. The van der Waals surface area contributed by atoms with Crippen molar-refractivity contribution in [2.75, 3.05) is 0 Å². The first-order valence-corrected chi connectivity index (χ1v) is 7.38. The lowest BCUT2D eigenvalue weighted by Gasteiger charge is -2.28. The summed E-state index contributed by atoms with van der Waals surface area (Å²) in [5.41, 5.74) is 3.70. The number of nitrogens with zero attached hydrogens (tertiary/aromatic N) is 2. The van der Waals surface area contributed by atoms with Crippen LogP contribution in [-0.2, 0) is 17.9 Å². The maximum atomic E-state index is 10.7. The van der Waals surface area contributed by atoms with Crippen LogP contribution in [0.4, 0.5) is 0 Å². The minimum Gasteiger partial charge on any atom is -0.507 e. The van der Waals surface area contributed by atoms with Gasteiger partial charge in [0.05, 0.1) is 5.69 Å². The van der Waals surface area contributed by atoms with Gasteiger partial charge in [-0.1, -0.05) is 41.5 Å². The first-order chi connectivity index (χ1) is 9.50. The van der Waals surface area contributed by atoms with Crippen molar-refractivity contribution in [1.29, 1.82) is 0 Å². The van der Waals surface area contributed by atoms with Crippen LogP contribution >= 0.6 is 0 Å². The van der Waals surface area contributed by atoms with Gasteiger partial charge < -0.3 is 5.11 Å². The third-order valence-electron chi connectivity index (χ3n) is 3.74. The van der Waals surface area contributed by atoms with Crippen molar-refractivity contribution in [1.82, 2.24) is 9.78 Å². The molecule has 3 nitrogen and oxygen atoms in total. The molecule has 0 fully saturated rings. The molecule has 1 aromatic carbocycles. The largest absolute Gasteiger partial charge is 0.507 e. The molecule has 1 aromatic heterocycles. The molecule has 0 saturated heterocycles. The predicted octanol–water partition coefficient (Wildman–Crippen LogP) is 4.39. The Bertz CT molecular complexity index is 620. The van der Waals surface area contributed by atoms with Gasteiger partial charge in [-0.25, -0.2) is 0 Å². The number of phenolic OH excluding ortho intramolecular Hbond substituents is 1. The molecule has 0 atom stereocenters. The molecule has 0 aliphatic carbocycles. The van der Waals surface area contributed by atoms with Crippen LogP contribution in [0.2, 0.25) is 0 Å². The van der Waals surface area contributed by atoms with E-state index in [0.717, 1.165) is 22.4 Å². The first kappa shape index (κ1) is 15.6. The zero-order chi connectivity index (χ0) is 16.0. The SMILES string of the molecule is Cn1ccc(-c2cc(C(C)(C)C)c(O)c(C(C)(C)C)c2)n1. The molecule has 1 N–H and O–H groups in total. The second kappa shape index (κ2) is 4.90. The minimum atomic E-state index is -0.116. The summed E-state index contributed by atoms with van der Waals surface area (Å²) >= 11 is 0. The van der Waals surface area contributed by atoms with E-state index in [9.17, 15) is 5.11 Å². The van der Waals surface area contributed by atoms with Crippen LogP contribution in [0, 0.1) is 0 Å². The van der Waals surface area contributed by atoms with Crippen molar-refractivity contribution in [3.8, 4) is 17.0 Å². The third-order valence-corrected chi connectivity index (χ3v) is 3.74. The van der Waals surface area contributed by atoms with E-state index in [1.165, 1.54) is 0 Å². The molecule has 0 unspecified atom stereocenters. The number of hydrogen-bond acceptors (Lipinski definition) is 2. The van der Waals surface area contributed by atoms with E-state index in [1.807, 2.05) is 19.3 Å². The number of rotatable bonds is 1. The Morgan fingerprint density at radius 2 is 1.43 bits per heavy atom. The topological polar surface area (TPSA) is 38.0 Å². The van der Waals surface area contributed by atoms with Crippen molar-refractivity contribution >= 4 is 0 Å². The molecule has 21 heavy (non-hydrogen) atoms. The quantitative estimate of drug-likeness (QED) is 0.844. The summed E-state index contributed by atoms with van der Waals surface area (Å²) in [6.07, 6.45) is 1.94. The lowest BCUT2D eigenvalue weighted by atomic mass is 9.78. The Labute approximate surface area is 127 Å². The van der Waals surface area contributed by atoms with Gasteiger partial charge in [0.2, 0.25) is 0 Å². The van der Waals surface area contributed by atoms with Crippen molar-refractivity contribution in [2.24, 2.45) is 7.05 Å². The third kappa shape index (κ3) is 3.12. The highest BCUT2D eigenvalue weighted by atomic mass is 16.3. The lowest BCUT2D eigenvalue weighted by Crippen LogP contribution is -2.17. The highest BCUT2D eigenvalue weighted by Gasteiger charge is 2.27. The average molecular weight is 286 g/mol. The maximum absolute atomic E-state index is 10.7. The molecule has 0 saturated carbocycles. The van der Waals surface area contributed by atoms with Crippen molar-refractivity contribution in [2.45, 2.75) is 52.4 Å². The number of aromatic hydroxyl groups is 1. The fraction of sp³-hybridized carbons (Fsp3) is 0.500. The maximum Gasteiger partial charge on any atom is 0.123 e. The van der Waals surface area contributed by atoms with Gasteiger partial charge in [0.25, 0.3) is 0 Å². The fourth-order valence-corrected chi connectivity index (χ4v) is 2.49. The number of aromatic nitrogens is 2. The van der Waals surface area contributed by atoms with Gasteiger partial charge in [-0.3, -0.25) is 4.68 Å². The summed E-state index contributed by atoms with van der Waals surface area (Å²) in [5, 5.41) is 15.2. The normalized spacial score (nSPS) is 12.7. The number of benzene rings is 1. The van der Waals surface area contributed by atoms with E-state index in [0.29, 0.717) is 5.75 Å². The zero-order valence-corrected chi connectivity index (χ0v) is 14.2. The second-order valence-electron chi connectivity index (χ2n) is 7.79. The summed E-state index contributed by atoms with van der Waals surface area (Å²) in [6, 6.07) is 6.13. The molecule has 2 rings (SSSR count). The van der Waals surface area contributed by atoms with Gasteiger partial charge in [0.1, 0.15) is 5.75 Å². The van der Waals surface area contributed by atoms with E-state index in [1.54, 1.807) is 4.68 Å². The zero-order valence-electron chi connectivity index (χ0n) is 14.2. The molecule has 0 amide bonds. The molecule has 0 bridgehead atoms. The molecule has 0 radical (unpaired) electrons. The lowest BCUT2D eigenvalue weighted by molar-refractivity contribution is 0.423. The van der Waals surface area contributed by atoms with Gasteiger partial charge in [-0.15, -0.1) is 0 Å². The fourth-order valence-electron chi connectivity index (χ4n) is 2.49. The van der Waals surface area contributed by atoms with Crippen LogP contribution in [0.1, 0.15) is 52.7 Å². The second-order valence-corrected chi connectivity index (χ2v) is 7.79. The van der Waals surface area contributed by atoms with Gasteiger partial charge in [-0.05, 0) is 29.0 Å². The van der Waals surface area contributed by atoms with Crippen LogP contribution in [0.25, 0.3) is 11.3 Å². The highest BCUT2D eigenvalue weighted by molar-refractivity contribution is 5.66. The van der Waals surface area contributed by atoms with Gasteiger partial charge in [-0.2, -0.15) is 5.10 Å². The minimum absolute atomic E-state index is 0.116.